The molecule has 11 heteroatoms. The van der Waals surface area contributed by atoms with Crippen molar-refractivity contribution in [3.05, 3.63) is 62.4 Å². The molecule has 0 saturated heterocycles. The van der Waals surface area contributed by atoms with Gasteiger partial charge in [0, 0.05) is 17.8 Å². The molecule has 24 heavy (non-hydrogen) atoms. The third-order valence-corrected chi connectivity index (χ3v) is 2.68. The fourth-order valence-corrected chi connectivity index (χ4v) is 1.63. The fraction of sp³-hybridized carbons (Fsp3) is 0.0769. The highest BCUT2D eigenvalue weighted by Gasteiger charge is 2.10. The van der Waals surface area contributed by atoms with Crippen LogP contribution in [0.5, 0.6) is 0 Å². The lowest BCUT2D eigenvalue weighted by Gasteiger charge is -2.04. The summed E-state index contributed by atoms with van der Waals surface area (Å²) in [6.07, 6.45) is 1.11. The number of furan rings is 1. The van der Waals surface area contributed by atoms with Crippen LogP contribution in [0.3, 0.4) is 0 Å². The molecule has 2 N–H and O–H groups in total. The maximum Gasteiger partial charge on any atom is 0.433 e. The van der Waals surface area contributed by atoms with E-state index in [0.717, 1.165) is 12.3 Å². The van der Waals surface area contributed by atoms with Crippen molar-refractivity contribution in [2.24, 2.45) is 5.10 Å². The normalized spacial score (nSPS) is 10.5. The second kappa shape index (κ2) is 7.49. The van der Waals surface area contributed by atoms with E-state index in [4.69, 9.17) is 4.42 Å². The molecule has 0 fully saturated rings. The Bertz CT molecular complexity index is 800. The zero-order valence-corrected chi connectivity index (χ0v) is 12.0. The van der Waals surface area contributed by atoms with Crippen molar-refractivity contribution in [3.8, 4) is 0 Å². The molecule has 0 aliphatic rings. The number of anilines is 1. The Kier molecular flexibility index (Phi) is 5.18. The van der Waals surface area contributed by atoms with Crippen molar-refractivity contribution in [2.45, 2.75) is 0 Å². The number of non-ortho nitro benzene ring substituents is 1. The highest BCUT2D eigenvalue weighted by molar-refractivity contribution is 5.83. The predicted molar refractivity (Wildman–Crippen MR) is 82.7 cm³/mol. The average molecular weight is 333 g/mol. The maximum absolute atomic E-state index is 11.6. The summed E-state index contributed by atoms with van der Waals surface area (Å²) in [5.74, 6) is -0.845. The van der Waals surface area contributed by atoms with Gasteiger partial charge in [-0.05, 0) is 12.1 Å². The van der Waals surface area contributed by atoms with Crippen molar-refractivity contribution in [2.75, 3.05) is 11.9 Å². The monoisotopic (exact) mass is 333 g/mol. The summed E-state index contributed by atoms with van der Waals surface area (Å²) >= 11 is 0. The van der Waals surface area contributed by atoms with Crippen LogP contribution in [0.4, 0.5) is 17.3 Å². The molecule has 0 spiro atoms. The van der Waals surface area contributed by atoms with Gasteiger partial charge >= 0.3 is 5.88 Å². The number of nitro benzene ring substituents is 1. The molecule has 0 aliphatic carbocycles. The number of carbonyl (C=O) groups excluding carboxylic acids is 1. The first-order valence-electron chi connectivity index (χ1n) is 6.50. The van der Waals surface area contributed by atoms with Crippen LogP contribution in [0.25, 0.3) is 0 Å². The minimum absolute atomic E-state index is 0.0992. The first-order valence-corrected chi connectivity index (χ1v) is 6.50. The van der Waals surface area contributed by atoms with Crippen LogP contribution in [-0.2, 0) is 4.79 Å². The SMILES string of the molecule is O=C(CNc1cccc([N+](=O)[O-])c1)NN=Cc1ccc([N+](=O)[O-])o1. The Morgan fingerprint density at radius 3 is 2.67 bits per heavy atom. The molecular weight excluding hydrogens is 322 g/mol. The summed E-state index contributed by atoms with van der Waals surface area (Å²) in [6.45, 7) is -0.170. The van der Waals surface area contributed by atoms with Crippen molar-refractivity contribution in [3.63, 3.8) is 0 Å². The molecule has 1 amide bonds. The lowest BCUT2D eigenvalue weighted by atomic mass is 10.3. The Hall–Kier alpha value is -3.76. The molecule has 0 unspecified atom stereocenters. The molecule has 0 aliphatic heterocycles. The fourth-order valence-electron chi connectivity index (χ4n) is 1.63. The number of hydrazone groups is 1. The maximum atomic E-state index is 11.6. The van der Waals surface area contributed by atoms with Gasteiger partial charge in [0.2, 0.25) is 0 Å². The van der Waals surface area contributed by atoms with E-state index in [2.05, 4.69) is 15.8 Å². The number of nitrogens with zero attached hydrogens (tertiary/aromatic N) is 3. The van der Waals surface area contributed by atoms with E-state index in [9.17, 15) is 25.0 Å². The van der Waals surface area contributed by atoms with Crippen LogP contribution in [-0.4, -0.2) is 28.5 Å². The van der Waals surface area contributed by atoms with Crippen molar-refractivity contribution in [1.82, 2.24) is 5.43 Å². The smallest absolute Gasteiger partial charge is 0.400 e. The van der Waals surface area contributed by atoms with Gasteiger partial charge in [-0.2, -0.15) is 5.10 Å². The van der Waals surface area contributed by atoms with E-state index in [1.807, 2.05) is 0 Å². The number of hydrogen-bond donors (Lipinski definition) is 2. The lowest BCUT2D eigenvalue weighted by molar-refractivity contribution is -0.402. The quantitative estimate of drug-likeness (QED) is 0.443. The summed E-state index contributed by atoms with van der Waals surface area (Å²) < 4.78 is 4.81. The van der Waals surface area contributed by atoms with Crippen LogP contribution in [0, 0.1) is 20.2 Å². The second-order valence-corrected chi connectivity index (χ2v) is 4.39. The van der Waals surface area contributed by atoms with Crippen LogP contribution in [0.1, 0.15) is 5.76 Å². The van der Waals surface area contributed by atoms with Crippen LogP contribution >= 0.6 is 0 Å². The number of hydrogen-bond acceptors (Lipinski definition) is 8. The molecule has 0 bridgehead atoms. The Morgan fingerprint density at radius 1 is 1.21 bits per heavy atom. The van der Waals surface area contributed by atoms with Gasteiger partial charge < -0.3 is 9.73 Å². The van der Waals surface area contributed by atoms with Crippen LogP contribution in [0.2, 0.25) is 0 Å². The number of amides is 1. The summed E-state index contributed by atoms with van der Waals surface area (Å²) in [5, 5.41) is 27.4. The van der Waals surface area contributed by atoms with Gasteiger partial charge in [0.15, 0.2) is 5.76 Å². The number of rotatable bonds is 7. The molecule has 0 atom stereocenters. The molecule has 2 rings (SSSR count). The van der Waals surface area contributed by atoms with Gasteiger partial charge in [-0.15, -0.1) is 0 Å². The van der Waals surface area contributed by atoms with E-state index in [0.29, 0.717) is 5.69 Å². The van der Waals surface area contributed by atoms with Gasteiger partial charge in [0.25, 0.3) is 11.6 Å². The predicted octanol–water partition coefficient (Wildman–Crippen LogP) is 1.66. The van der Waals surface area contributed by atoms with Crippen molar-refractivity contribution in [1.29, 1.82) is 0 Å². The first-order chi connectivity index (χ1) is 11.5. The average Bonchev–Trinajstić information content (AvgIpc) is 3.02. The molecule has 0 radical (unpaired) electrons. The van der Waals surface area contributed by atoms with E-state index in [1.54, 1.807) is 6.07 Å². The summed E-state index contributed by atoms with van der Waals surface area (Å²) in [5.41, 5.74) is 2.49. The largest absolute Gasteiger partial charge is 0.433 e. The summed E-state index contributed by atoms with van der Waals surface area (Å²) in [6, 6.07) is 8.17. The molecule has 1 heterocycles. The number of benzene rings is 1. The van der Waals surface area contributed by atoms with Gasteiger partial charge in [-0.25, -0.2) is 5.43 Å². The molecule has 0 saturated carbocycles. The lowest BCUT2D eigenvalue weighted by Crippen LogP contribution is -2.25. The number of nitro groups is 2. The minimum atomic E-state index is -0.696. The van der Waals surface area contributed by atoms with Gasteiger partial charge in [0.05, 0.1) is 23.7 Å². The standard InChI is InChI=1S/C13H11N5O6/c19-12(8-14-9-2-1-3-10(6-9)17(20)21)16-15-7-11-4-5-13(24-11)18(22)23/h1-7,14H,8H2,(H,16,19). The summed E-state index contributed by atoms with van der Waals surface area (Å²) in [4.78, 5) is 31.4. The highest BCUT2D eigenvalue weighted by Crippen LogP contribution is 2.16. The third kappa shape index (κ3) is 4.62. The van der Waals surface area contributed by atoms with E-state index >= 15 is 0 Å². The molecule has 1 aromatic carbocycles. The minimum Gasteiger partial charge on any atom is -0.400 e. The zero-order chi connectivity index (χ0) is 17.5. The third-order valence-electron chi connectivity index (χ3n) is 2.68. The Labute approximate surface area is 134 Å². The zero-order valence-electron chi connectivity index (χ0n) is 12.0. The van der Waals surface area contributed by atoms with Gasteiger partial charge in [0.1, 0.15) is 4.92 Å². The van der Waals surface area contributed by atoms with Crippen LogP contribution < -0.4 is 10.7 Å². The van der Waals surface area contributed by atoms with Gasteiger partial charge in [-0.3, -0.25) is 25.0 Å². The van der Waals surface area contributed by atoms with E-state index in [1.165, 1.54) is 24.3 Å². The number of carbonyl (C=O) groups is 1. The Balaban J connectivity index is 1.82. The molecule has 2 aromatic rings. The first kappa shape index (κ1) is 16.6. The molecule has 11 nitrogen and oxygen atoms in total. The van der Waals surface area contributed by atoms with E-state index < -0.39 is 21.6 Å². The van der Waals surface area contributed by atoms with Crippen molar-refractivity contribution >= 4 is 29.4 Å². The van der Waals surface area contributed by atoms with Gasteiger partial charge in [-0.1, -0.05) is 6.07 Å². The van der Waals surface area contributed by atoms with Crippen LogP contribution in [0.15, 0.2) is 45.9 Å². The second-order valence-electron chi connectivity index (χ2n) is 4.39. The molecule has 1 aromatic heterocycles. The summed E-state index contributed by atoms with van der Waals surface area (Å²) in [7, 11) is 0. The number of nitrogens with one attached hydrogen (secondary N) is 2. The Morgan fingerprint density at radius 2 is 2.00 bits per heavy atom. The topological polar surface area (TPSA) is 153 Å². The molecule has 124 valence electrons. The molecular formula is C13H11N5O6. The van der Waals surface area contributed by atoms with E-state index in [-0.39, 0.29) is 18.0 Å². The highest BCUT2D eigenvalue weighted by atomic mass is 16.6. The van der Waals surface area contributed by atoms with Crippen molar-refractivity contribution < 1.29 is 19.1 Å².